The van der Waals surface area contributed by atoms with Gasteiger partial charge in [-0.05, 0) is 12.8 Å². The summed E-state index contributed by atoms with van der Waals surface area (Å²) in [7, 11) is 0. The SMILES string of the molecule is C=CCNc1nc(NCC=C)nc(N2CCC(OCC=C)CC2)n1. The van der Waals surface area contributed by atoms with E-state index in [0.29, 0.717) is 37.5 Å². The zero-order valence-electron chi connectivity index (χ0n) is 14.1. The van der Waals surface area contributed by atoms with E-state index in [1.54, 1.807) is 18.2 Å². The summed E-state index contributed by atoms with van der Waals surface area (Å²) in [6, 6.07) is 0. The lowest BCUT2D eigenvalue weighted by atomic mass is 10.1. The Labute approximate surface area is 143 Å². The van der Waals surface area contributed by atoms with Gasteiger partial charge in [-0.1, -0.05) is 18.2 Å². The molecule has 2 N–H and O–H groups in total. The number of nitrogens with one attached hydrogen (secondary N) is 2. The highest BCUT2D eigenvalue weighted by Crippen LogP contribution is 2.20. The van der Waals surface area contributed by atoms with Crippen LogP contribution in [0.25, 0.3) is 0 Å². The molecule has 0 saturated carbocycles. The second kappa shape index (κ2) is 9.67. The molecule has 1 aliphatic heterocycles. The quantitative estimate of drug-likeness (QED) is 0.637. The van der Waals surface area contributed by atoms with Crippen molar-refractivity contribution in [1.29, 1.82) is 0 Å². The molecule has 0 bridgehead atoms. The summed E-state index contributed by atoms with van der Waals surface area (Å²) in [5, 5.41) is 6.24. The van der Waals surface area contributed by atoms with Crippen molar-refractivity contribution < 1.29 is 4.74 Å². The van der Waals surface area contributed by atoms with E-state index in [1.165, 1.54) is 0 Å². The van der Waals surface area contributed by atoms with Crippen LogP contribution in [0.15, 0.2) is 38.0 Å². The van der Waals surface area contributed by atoms with Gasteiger partial charge < -0.3 is 20.3 Å². The highest BCUT2D eigenvalue weighted by atomic mass is 16.5. The maximum Gasteiger partial charge on any atom is 0.231 e. The molecule has 0 aromatic carbocycles. The second-order valence-electron chi connectivity index (χ2n) is 5.43. The molecule has 24 heavy (non-hydrogen) atoms. The van der Waals surface area contributed by atoms with Gasteiger partial charge in [0.2, 0.25) is 17.8 Å². The number of hydrogen-bond donors (Lipinski definition) is 2. The fourth-order valence-corrected chi connectivity index (χ4v) is 2.42. The van der Waals surface area contributed by atoms with Gasteiger partial charge in [-0.15, -0.1) is 19.7 Å². The molecule has 7 heteroatoms. The summed E-state index contributed by atoms with van der Waals surface area (Å²) >= 11 is 0. The Balaban J connectivity index is 2.05. The Morgan fingerprint density at radius 2 is 1.54 bits per heavy atom. The smallest absolute Gasteiger partial charge is 0.231 e. The number of rotatable bonds is 10. The van der Waals surface area contributed by atoms with Crippen molar-refractivity contribution in [2.24, 2.45) is 0 Å². The number of ether oxygens (including phenoxy) is 1. The second-order valence-corrected chi connectivity index (χ2v) is 5.43. The van der Waals surface area contributed by atoms with E-state index in [-0.39, 0.29) is 6.10 Å². The summed E-state index contributed by atoms with van der Waals surface area (Å²) in [5.41, 5.74) is 0. The fraction of sp³-hybridized carbons (Fsp3) is 0.471. The molecule has 1 aromatic heterocycles. The van der Waals surface area contributed by atoms with Gasteiger partial charge in [-0.3, -0.25) is 0 Å². The van der Waals surface area contributed by atoms with Crippen LogP contribution in [0.1, 0.15) is 12.8 Å². The number of anilines is 3. The van der Waals surface area contributed by atoms with Gasteiger partial charge in [0.05, 0.1) is 12.7 Å². The summed E-state index contributed by atoms with van der Waals surface area (Å²) in [4.78, 5) is 15.5. The van der Waals surface area contributed by atoms with Crippen LogP contribution in [0, 0.1) is 0 Å². The van der Waals surface area contributed by atoms with Crippen LogP contribution < -0.4 is 15.5 Å². The normalized spacial score (nSPS) is 14.9. The fourth-order valence-electron chi connectivity index (χ4n) is 2.42. The standard InChI is InChI=1S/C17H26N6O/c1-4-9-18-15-20-16(19-10-5-2)22-17(21-15)23-11-7-14(8-12-23)24-13-6-3/h4-6,14H,1-3,7-13H2,(H2,18,19,20,21,22). The van der Waals surface area contributed by atoms with Gasteiger partial charge in [0, 0.05) is 26.2 Å². The number of nitrogens with zero attached hydrogens (tertiary/aromatic N) is 4. The lowest BCUT2D eigenvalue weighted by molar-refractivity contribution is 0.0561. The first kappa shape index (κ1) is 17.9. The molecule has 2 heterocycles. The maximum atomic E-state index is 5.73. The first-order valence-corrected chi connectivity index (χ1v) is 8.20. The molecular formula is C17H26N6O. The highest BCUT2D eigenvalue weighted by Gasteiger charge is 2.22. The van der Waals surface area contributed by atoms with Crippen molar-refractivity contribution in [2.45, 2.75) is 18.9 Å². The topological polar surface area (TPSA) is 75.2 Å². The summed E-state index contributed by atoms with van der Waals surface area (Å²) in [6.07, 6.45) is 7.49. The molecule has 1 aliphatic rings. The predicted molar refractivity (Wildman–Crippen MR) is 98.6 cm³/mol. The third-order valence-corrected chi connectivity index (χ3v) is 3.61. The lowest BCUT2D eigenvalue weighted by Gasteiger charge is -2.31. The predicted octanol–water partition coefficient (Wildman–Crippen LogP) is 2.24. The Kier molecular flexibility index (Phi) is 7.22. The molecule has 0 amide bonds. The average molecular weight is 330 g/mol. The van der Waals surface area contributed by atoms with Gasteiger partial charge >= 0.3 is 0 Å². The van der Waals surface area contributed by atoms with Crippen LogP contribution >= 0.6 is 0 Å². The molecular weight excluding hydrogens is 304 g/mol. The molecule has 1 saturated heterocycles. The third-order valence-electron chi connectivity index (χ3n) is 3.61. The number of piperidine rings is 1. The largest absolute Gasteiger partial charge is 0.374 e. The van der Waals surface area contributed by atoms with Crippen LogP contribution in [0.4, 0.5) is 17.8 Å². The first-order valence-electron chi connectivity index (χ1n) is 8.20. The van der Waals surface area contributed by atoms with Crippen molar-refractivity contribution in [3.05, 3.63) is 38.0 Å². The molecule has 7 nitrogen and oxygen atoms in total. The number of aromatic nitrogens is 3. The third kappa shape index (κ3) is 5.34. The van der Waals surface area contributed by atoms with Gasteiger partial charge in [0.15, 0.2) is 0 Å². The Morgan fingerprint density at radius 1 is 0.958 bits per heavy atom. The van der Waals surface area contributed by atoms with Gasteiger partial charge in [-0.25, -0.2) is 0 Å². The van der Waals surface area contributed by atoms with E-state index < -0.39 is 0 Å². The van der Waals surface area contributed by atoms with E-state index in [1.807, 2.05) is 0 Å². The summed E-state index contributed by atoms with van der Waals surface area (Å²) in [5.74, 6) is 1.75. The van der Waals surface area contributed by atoms with E-state index in [0.717, 1.165) is 25.9 Å². The van der Waals surface area contributed by atoms with Crippen LogP contribution in [0.3, 0.4) is 0 Å². The first-order chi connectivity index (χ1) is 11.8. The van der Waals surface area contributed by atoms with Crippen LogP contribution in [-0.4, -0.2) is 53.8 Å². The van der Waals surface area contributed by atoms with Crippen molar-refractivity contribution in [1.82, 2.24) is 15.0 Å². The van der Waals surface area contributed by atoms with Crippen molar-refractivity contribution in [3.63, 3.8) is 0 Å². The molecule has 0 aliphatic carbocycles. The molecule has 1 aromatic rings. The molecule has 1 fully saturated rings. The average Bonchev–Trinajstić information content (AvgIpc) is 2.63. The van der Waals surface area contributed by atoms with E-state index in [4.69, 9.17) is 4.74 Å². The van der Waals surface area contributed by atoms with Gasteiger partial charge in [0.1, 0.15) is 0 Å². The Bertz CT molecular complexity index is 524. The summed E-state index contributed by atoms with van der Waals surface area (Å²) < 4.78 is 5.73. The highest BCUT2D eigenvalue weighted by molar-refractivity contribution is 5.44. The van der Waals surface area contributed by atoms with Crippen molar-refractivity contribution >= 4 is 17.8 Å². The zero-order valence-corrected chi connectivity index (χ0v) is 14.1. The molecule has 0 atom stereocenters. The minimum Gasteiger partial charge on any atom is -0.374 e. The van der Waals surface area contributed by atoms with Crippen molar-refractivity contribution in [3.8, 4) is 0 Å². The lowest BCUT2D eigenvalue weighted by Crippen LogP contribution is -2.38. The minimum atomic E-state index is 0.276. The Morgan fingerprint density at radius 3 is 2.04 bits per heavy atom. The zero-order chi connectivity index (χ0) is 17.2. The van der Waals surface area contributed by atoms with Crippen LogP contribution in [0.5, 0.6) is 0 Å². The summed E-state index contributed by atoms with van der Waals surface area (Å²) in [6.45, 7) is 14.6. The molecule has 0 unspecified atom stereocenters. The Hall–Kier alpha value is -2.41. The van der Waals surface area contributed by atoms with Gasteiger partial charge in [-0.2, -0.15) is 15.0 Å². The monoisotopic (exact) mass is 330 g/mol. The van der Waals surface area contributed by atoms with Gasteiger partial charge in [0.25, 0.3) is 0 Å². The molecule has 0 spiro atoms. The molecule has 0 radical (unpaired) electrons. The van der Waals surface area contributed by atoms with Crippen LogP contribution in [0.2, 0.25) is 0 Å². The van der Waals surface area contributed by atoms with Crippen molar-refractivity contribution in [2.75, 3.05) is 48.3 Å². The van der Waals surface area contributed by atoms with Crippen LogP contribution in [-0.2, 0) is 4.74 Å². The molecule has 130 valence electrons. The van der Waals surface area contributed by atoms with E-state index in [9.17, 15) is 0 Å². The van der Waals surface area contributed by atoms with E-state index in [2.05, 4.69) is 50.2 Å². The van der Waals surface area contributed by atoms with E-state index >= 15 is 0 Å². The molecule has 2 rings (SSSR count). The maximum absolute atomic E-state index is 5.73. The minimum absolute atomic E-state index is 0.276. The number of hydrogen-bond acceptors (Lipinski definition) is 7.